The average Bonchev–Trinajstić information content (AvgIpc) is 2.95. The van der Waals surface area contributed by atoms with Gasteiger partial charge in [0.05, 0.1) is 11.3 Å². The smallest absolute Gasteiger partial charge is 0.273 e. The van der Waals surface area contributed by atoms with Crippen molar-refractivity contribution in [2.45, 2.75) is 39.0 Å². The van der Waals surface area contributed by atoms with E-state index in [-0.39, 0.29) is 22.3 Å². The molecule has 7 heteroatoms. The number of hydrogen-bond donors (Lipinski definition) is 1. The first-order valence-corrected chi connectivity index (χ1v) is 10.3. The Morgan fingerprint density at radius 3 is 2.65 bits per heavy atom. The molecule has 0 radical (unpaired) electrons. The van der Waals surface area contributed by atoms with Crippen molar-refractivity contribution in [1.82, 2.24) is 10.2 Å². The molecule has 4 rings (SSSR count). The van der Waals surface area contributed by atoms with Gasteiger partial charge in [-0.05, 0) is 36.1 Å². The van der Waals surface area contributed by atoms with Crippen LogP contribution in [0.15, 0.2) is 52.9 Å². The fraction of sp³-hybridized carbons (Fsp3) is 0.333. The highest BCUT2D eigenvalue weighted by atomic mass is 16.2. The van der Waals surface area contributed by atoms with E-state index in [4.69, 9.17) is 0 Å². The number of nitrogens with one attached hydrogen (secondary N) is 1. The molecule has 0 aliphatic carbocycles. The van der Waals surface area contributed by atoms with Crippen LogP contribution in [0, 0.1) is 11.3 Å². The molecule has 3 aliphatic rings. The quantitative estimate of drug-likeness (QED) is 0.590. The zero-order valence-corrected chi connectivity index (χ0v) is 18.1. The van der Waals surface area contributed by atoms with Crippen molar-refractivity contribution in [2.24, 2.45) is 0 Å². The number of para-hydroxylation sites is 1. The van der Waals surface area contributed by atoms with Crippen LogP contribution in [0.3, 0.4) is 0 Å². The van der Waals surface area contributed by atoms with Crippen LogP contribution in [-0.4, -0.2) is 36.2 Å². The van der Waals surface area contributed by atoms with Crippen LogP contribution in [0.1, 0.15) is 38.3 Å². The predicted molar refractivity (Wildman–Crippen MR) is 116 cm³/mol. The highest BCUT2D eigenvalue weighted by Gasteiger charge is 2.42. The number of hydrogen-bond acceptors (Lipinski definition) is 5. The summed E-state index contributed by atoms with van der Waals surface area (Å²) in [5, 5.41) is 12.0. The summed E-state index contributed by atoms with van der Waals surface area (Å²) in [5.41, 5.74) is 4.39. The van der Waals surface area contributed by atoms with E-state index in [9.17, 15) is 19.6 Å². The SMILES string of the molecule is CC(=O)NC1=C(C#N)C(=O)N(C)C(=O)/C1=C\C=C1\N2CCCc3cccc(c32)C1(C)C. The molecule has 158 valence electrons. The topological polar surface area (TPSA) is 93.5 Å². The summed E-state index contributed by atoms with van der Waals surface area (Å²) in [6.45, 7) is 6.45. The Balaban J connectivity index is 1.87. The monoisotopic (exact) mass is 416 g/mol. The first kappa shape index (κ1) is 20.6. The summed E-state index contributed by atoms with van der Waals surface area (Å²) in [6, 6.07) is 8.22. The van der Waals surface area contributed by atoms with Crippen molar-refractivity contribution in [3.63, 3.8) is 0 Å². The average molecular weight is 416 g/mol. The maximum atomic E-state index is 12.9. The Morgan fingerprint density at radius 1 is 1.23 bits per heavy atom. The minimum absolute atomic E-state index is 0.0346. The molecule has 0 aromatic heterocycles. The highest BCUT2D eigenvalue weighted by Crippen LogP contribution is 2.51. The molecule has 3 amide bonds. The molecule has 7 nitrogen and oxygen atoms in total. The third kappa shape index (κ3) is 3.07. The number of imide groups is 1. The summed E-state index contributed by atoms with van der Waals surface area (Å²) >= 11 is 0. The molecular formula is C24H24N4O3. The lowest BCUT2D eigenvalue weighted by molar-refractivity contribution is -0.138. The zero-order chi connectivity index (χ0) is 22.5. The standard InChI is InChI=1S/C24H24N4O3/c1-14(29)26-20-16(22(30)27(4)23(31)17(20)13-25)10-11-19-24(2,3)18-9-5-7-15-8-6-12-28(19)21(15)18/h5,7,9-11H,6,8,12H2,1-4H3,(H,26,29)/b16-10-,19-11+. The minimum atomic E-state index is -0.727. The fourth-order valence-corrected chi connectivity index (χ4v) is 4.69. The molecule has 3 heterocycles. The van der Waals surface area contributed by atoms with Crippen molar-refractivity contribution in [3.05, 3.63) is 64.0 Å². The summed E-state index contributed by atoms with van der Waals surface area (Å²) < 4.78 is 0. The highest BCUT2D eigenvalue weighted by molar-refractivity contribution is 6.18. The number of carbonyl (C=O) groups excluding carboxylic acids is 3. The Hall–Kier alpha value is -3.66. The molecule has 0 fully saturated rings. The van der Waals surface area contributed by atoms with Crippen molar-refractivity contribution in [2.75, 3.05) is 18.5 Å². The van der Waals surface area contributed by atoms with Crippen LogP contribution in [0.4, 0.5) is 5.69 Å². The van der Waals surface area contributed by atoms with Crippen LogP contribution < -0.4 is 10.2 Å². The fourth-order valence-electron chi connectivity index (χ4n) is 4.69. The predicted octanol–water partition coefficient (Wildman–Crippen LogP) is 2.45. The van der Waals surface area contributed by atoms with Gasteiger partial charge in [0.15, 0.2) is 0 Å². The number of benzene rings is 1. The molecule has 0 saturated carbocycles. The Kier molecular flexibility index (Phi) is 4.81. The van der Waals surface area contributed by atoms with Crippen molar-refractivity contribution in [1.29, 1.82) is 5.26 Å². The lowest BCUT2D eigenvalue weighted by atomic mass is 9.83. The number of aryl methyl sites for hydroxylation is 1. The molecular weight excluding hydrogens is 392 g/mol. The number of allylic oxidation sites excluding steroid dienone is 3. The number of likely N-dealkylation sites (N-methyl/N-ethyl adjacent to an activating group) is 1. The molecule has 0 saturated heterocycles. The van der Waals surface area contributed by atoms with Crippen LogP contribution in [0.5, 0.6) is 0 Å². The molecule has 0 unspecified atom stereocenters. The van der Waals surface area contributed by atoms with Gasteiger partial charge in [0.1, 0.15) is 11.6 Å². The van der Waals surface area contributed by atoms with Gasteiger partial charge < -0.3 is 10.2 Å². The molecule has 1 aromatic carbocycles. The van der Waals surface area contributed by atoms with E-state index in [1.54, 1.807) is 6.08 Å². The van der Waals surface area contributed by atoms with E-state index in [0.717, 1.165) is 30.0 Å². The lowest BCUT2D eigenvalue weighted by Crippen LogP contribution is -2.43. The van der Waals surface area contributed by atoms with E-state index in [1.165, 1.54) is 30.8 Å². The maximum absolute atomic E-state index is 12.9. The Labute approximate surface area is 181 Å². The van der Waals surface area contributed by atoms with E-state index in [1.807, 2.05) is 12.1 Å². The molecule has 1 aromatic rings. The van der Waals surface area contributed by atoms with Crippen LogP contribution in [0.25, 0.3) is 0 Å². The first-order chi connectivity index (χ1) is 14.7. The normalized spacial score (nSPS) is 22.2. The third-order valence-corrected chi connectivity index (χ3v) is 6.22. The molecule has 0 spiro atoms. The van der Waals surface area contributed by atoms with Gasteiger partial charge in [-0.3, -0.25) is 19.3 Å². The second kappa shape index (κ2) is 7.24. The lowest BCUT2D eigenvalue weighted by Gasteiger charge is -2.30. The van der Waals surface area contributed by atoms with Crippen LogP contribution >= 0.6 is 0 Å². The number of amides is 3. The van der Waals surface area contributed by atoms with E-state index < -0.39 is 17.7 Å². The van der Waals surface area contributed by atoms with E-state index in [0.29, 0.717) is 0 Å². The van der Waals surface area contributed by atoms with Gasteiger partial charge >= 0.3 is 0 Å². The molecule has 3 aliphatic heterocycles. The number of carbonyl (C=O) groups is 3. The third-order valence-electron chi connectivity index (χ3n) is 6.22. The van der Waals surface area contributed by atoms with Crippen LogP contribution in [-0.2, 0) is 26.2 Å². The second-order valence-electron chi connectivity index (χ2n) is 8.54. The van der Waals surface area contributed by atoms with Gasteiger partial charge in [-0.2, -0.15) is 5.26 Å². The molecule has 31 heavy (non-hydrogen) atoms. The number of nitrogens with zero attached hydrogens (tertiary/aromatic N) is 3. The Bertz CT molecular complexity index is 1160. The van der Waals surface area contributed by atoms with Crippen molar-refractivity contribution < 1.29 is 14.4 Å². The number of anilines is 1. The van der Waals surface area contributed by atoms with Crippen molar-refractivity contribution >= 4 is 23.4 Å². The molecule has 1 N–H and O–H groups in total. The van der Waals surface area contributed by atoms with Gasteiger partial charge in [-0.1, -0.05) is 32.0 Å². The van der Waals surface area contributed by atoms with Gasteiger partial charge in [0, 0.05) is 37.3 Å². The summed E-state index contributed by atoms with van der Waals surface area (Å²) in [7, 11) is 1.33. The summed E-state index contributed by atoms with van der Waals surface area (Å²) in [6.07, 6.45) is 5.57. The summed E-state index contributed by atoms with van der Waals surface area (Å²) in [4.78, 5) is 40.2. The van der Waals surface area contributed by atoms with E-state index in [2.05, 4.69) is 42.3 Å². The van der Waals surface area contributed by atoms with Crippen LogP contribution in [0.2, 0.25) is 0 Å². The van der Waals surface area contributed by atoms with Gasteiger partial charge in [-0.25, -0.2) is 0 Å². The van der Waals surface area contributed by atoms with Gasteiger partial charge in [0.25, 0.3) is 11.8 Å². The van der Waals surface area contributed by atoms with Crippen molar-refractivity contribution in [3.8, 4) is 6.07 Å². The van der Waals surface area contributed by atoms with E-state index >= 15 is 0 Å². The maximum Gasteiger partial charge on any atom is 0.273 e. The summed E-state index contributed by atoms with van der Waals surface area (Å²) in [5.74, 6) is -1.74. The number of nitriles is 1. The molecule has 0 atom stereocenters. The first-order valence-electron chi connectivity index (χ1n) is 10.3. The van der Waals surface area contributed by atoms with Gasteiger partial charge in [-0.15, -0.1) is 0 Å². The second-order valence-corrected chi connectivity index (χ2v) is 8.54. The largest absolute Gasteiger partial charge is 0.344 e. The zero-order valence-electron chi connectivity index (χ0n) is 18.1. The minimum Gasteiger partial charge on any atom is -0.344 e. The van der Waals surface area contributed by atoms with Gasteiger partial charge in [0.2, 0.25) is 5.91 Å². The Morgan fingerprint density at radius 2 is 1.97 bits per heavy atom. The number of rotatable bonds is 2. The molecule has 0 bridgehead atoms.